The molecule has 0 saturated heterocycles. The molecule has 26 heavy (non-hydrogen) atoms. The molecule has 0 atom stereocenters. The Balaban J connectivity index is 1.92. The number of nitrogens with zero attached hydrogens (tertiary/aromatic N) is 2. The van der Waals surface area contributed by atoms with Gasteiger partial charge in [-0.3, -0.25) is 0 Å². The van der Waals surface area contributed by atoms with Crippen molar-refractivity contribution in [3.05, 3.63) is 77.6 Å². The van der Waals surface area contributed by atoms with Crippen molar-refractivity contribution < 1.29 is 4.57 Å². The van der Waals surface area contributed by atoms with Crippen LogP contribution in [0.25, 0.3) is 23.5 Å². The van der Waals surface area contributed by atoms with Crippen LogP contribution in [-0.2, 0) is 6.54 Å². The minimum atomic E-state index is 0.598. The van der Waals surface area contributed by atoms with Crippen LogP contribution in [0.4, 0.5) is 0 Å². The van der Waals surface area contributed by atoms with E-state index in [0.717, 1.165) is 23.5 Å². The first-order chi connectivity index (χ1) is 12.7. The first-order valence-corrected chi connectivity index (χ1v) is 9.91. The minimum absolute atomic E-state index is 0.598. The van der Waals surface area contributed by atoms with Crippen molar-refractivity contribution in [3.8, 4) is 11.4 Å². The van der Waals surface area contributed by atoms with E-state index >= 15 is 0 Å². The number of rotatable bonds is 6. The Morgan fingerprint density at radius 1 is 1.04 bits per heavy atom. The number of hydrogen-bond donors (Lipinski definition) is 1. The lowest BCUT2D eigenvalue weighted by Crippen LogP contribution is -2.39. The third kappa shape index (κ3) is 4.59. The molecule has 0 fully saturated rings. The average Bonchev–Trinajstić information content (AvgIpc) is 2.68. The first-order valence-electron chi connectivity index (χ1n) is 8.68. The second-order valence-corrected chi connectivity index (χ2v) is 7.03. The van der Waals surface area contributed by atoms with Gasteiger partial charge in [-0.2, -0.15) is 4.57 Å². The van der Waals surface area contributed by atoms with E-state index < -0.39 is 0 Å². The van der Waals surface area contributed by atoms with Gasteiger partial charge in [-0.05, 0) is 54.1 Å². The van der Waals surface area contributed by atoms with E-state index in [-0.39, 0.29) is 0 Å². The van der Waals surface area contributed by atoms with Gasteiger partial charge in [0.25, 0.3) is 0 Å². The molecule has 0 amide bonds. The fourth-order valence-electron chi connectivity index (χ4n) is 2.79. The molecule has 3 nitrogen and oxygen atoms in total. The summed E-state index contributed by atoms with van der Waals surface area (Å²) in [6, 6.07) is 17.0. The van der Waals surface area contributed by atoms with Crippen molar-refractivity contribution in [2.75, 3.05) is 12.8 Å². The van der Waals surface area contributed by atoms with Crippen LogP contribution < -0.4 is 10.3 Å². The number of nitrogens with two attached hydrogens (primary N) is 1. The Morgan fingerprint density at radius 2 is 1.81 bits per heavy atom. The molecular formula is C22H24N3S+. The fraction of sp³-hybridized carbons (Fsp3) is 0.182. The van der Waals surface area contributed by atoms with Crippen molar-refractivity contribution in [2.45, 2.75) is 18.4 Å². The maximum absolute atomic E-state index is 5.78. The molecule has 0 saturated carbocycles. The quantitative estimate of drug-likeness (QED) is 0.528. The van der Waals surface area contributed by atoms with Crippen molar-refractivity contribution in [2.24, 2.45) is 5.73 Å². The molecule has 3 aromatic rings. The molecule has 0 aliphatic heterocycles. The Hall–Kier alpha value is -2.43. The standard InChI is InChI=1S/C22H24N3S/c1-17-9-12-24-21(15-17)22-16-19(10-13-25(22)14-11-23)4-3-18-5-7-20(26-2)8-6-18/h3-10,12-13,15-16H,11,14,23H2,1-2H3/q+1/b4-3+. The lowest BCUT2D eigenvalue weighted by atomic mass is 10.1. The maximum Gasteiger partial charge on any atom is 0.231 e. The summed E-state index contributed by atoms with van der Waals surface area (Å²) in [7, 11) is 0. The molecule has 0 aliphatic rings. The summed E-state index contributed by atoms with van der Waals surface area (Å²) < 4.78 is 2.16. The summed E-state index contributed by atoms with van der Waals surface area (Å²) in [5.74, 6) is 0. The third-order valence-corrected chi connectivity index (χ3v) is 4.94. The van der Waals surface area contributed by atoms with Crippen LogP contribution in [-0.4, -0.2) is 17.8 Å². The second-order valence-electron chi connectivity index (χ2n) is 6.15. The fourth-order valence-corrected chi connectivity index (χ4v) is 3.20. The van der Waals surface area contributed by atoms with E-state index in [1.54, 1.807) is 11.8 Å². The van der Waals surface area contributed by atoms with Gasteiger partial charge in [-0.1, -0.05) is 24.3 Å². The predicted molar refractivity (Wildman–Crippen MR) is 111 cm³/mol. The highest BCUT2D eigenvalue weighted by atomic mass is 32.2. The zero-order valence-electron chi connectivity index (χ0n) is 15.2. The number of thioether (sulfide) groups is 1. The van der Waals surface area contributed by atoms with Gasteiger partial charge in [0.1, 0.15) is 5.69 Å². The Labute approximate surface area is 159 Å². The highest BCUT2D eigenvalue weighted by molar-refractivity contribution is 7.98. The van der Waals surface area contributed by atoms with Crippen LogP contribution in [0.5, 0.6) is 0 Å². The number of pyridine rings is 2. The Kier molecular flexibility index (Phi) is 6.21. The number of aryl methyl sites for hydroxylation is 1. The average molecular weight is 363 g/mol. The zero-order valence-corrected chi connectivity index (χ0v) is 16.0. The van der Waals surface area contributed by atoms with Gasteiger partial charge >= 0.3 is 0 Å². The molecule has 132 valence electrons. The van der Waals surface area contributed by atoms with Crippen LogP contribution in [0.2, 0.25) is 0 Å². The van der Waals surface area contributed by atoms with Crippen LogP contribution in [0, 0.1) is 6.92 Å². The normalized spacial score (nSPS) is 11.2. The van der Waals surface area contributed by atoms with Gasteiger partial charge in [0, 0.05) is 23.2 Å². The molecule has 4 heteroatoms. The summed E-state index contributed by atoms with van der Waals surface area (Å²) in [4.78, 5) is 5.82. The Morgan fingerprint density at radius 3 is 2.50 bits per heavy atom. The second kappa shape index (κ2) is 8.79. The van der Waals surface area contributed by atoms with E-state index in [1.165, 1.54) is 16.0 Å². The highest BCUT2D eigenvalue weighted by Gasteiger charge is 2.14. The molecule has 0 bridgehead atoms. The third-order valence-electron chi connectivity index (χ3n) is 4.19. The first kappa shape index (κ1) is 18.4. The lowest BCUT2D eigenvalue weighted by molar-refractivity contribution is -0.683. The van der Waals surface area contributed by atoms with Gasteiger partial charge in [-0.25, -0.2) is 4.98 Å². The number of benzene rings is 1. The zero-order chi connectivity index (χ0) is 18.4. The number of hydrogen-bond acceptors (Lipinski definition) is 3. The predicted octanol–water partition coefficient (Wildman–Crippen LogP) is 4.20. The molecule has 3 rings (SSSR count). The summed E-state index contributed by atoms with van der Waals surface area (Å²) in [6.45, 7) is 3.45. The SMILES string of the molecule is CSc1ccc(/C=C/c2cc[n+](CCN)c(-c3cc(C)ccn3)c2)cc1. The van der Waals surface area contributed by atoms with Gasteiger partial charge in [0.05, 0.1) is 6.54 Å². The van der Waals surface area contributed by atoms with Crippen LogP contribution in [0.15, 0.2) is 65.8 Å². The van der Waals surface area contributed by atoms with Gasteiger partial charge in [0.2, 0.25) is 5.69 Å². The van der Waals surface area contributed by atoms with Crippen molar-refractivity contribution in [1.29, 1.82) is 0 Å². The maximum atomic E-state index is 5.78. The molecule has 0 aliphatic carbocycles. The van der Waals surface area contributed by atoms with Crippen molar-refractivity contribution in [3.63, 3.8) is 0 Å². The molecule has 2 heterocycles. The van der Waals surface area contributed by atoms with E-state index in [1.807, 2.05) is 12.3 Å². The molecule has 0 unspecified atom stereocenters. The van der Waals surface area contributed by atoms with E-state index in [2.05, 4.69) is 83.5 Å². The summed E-state index contributed by atoms with van der Waals surface area (Å²) in [5.41, 5.74) is 11.4. The van der Waals surface area contributed by atoms with Crippen LogP contribution in [0.1, 0.15) is 16.7 Å². The van der Waals surface area contributed by atoms with E-state index in [0.29, 0.717) is 6.54 Å². The molecule has 0 spiro atoms. The molecule has 2 aromatic heterocycles. The van der Waals surface area contributed by atoms with Gasteiger partial charge in [0.15, 0.2) is 12.7 Å². The smallest absolute Gasteiger partial charge is 0.231 e. The molecule has 2 N–H and O–H groups in total. The summed E-state index contributed by atoms with van der Waals surface area (Å²) in [5, 5.41) is 0. The lowest BCUT2D eigenvalue weighted by Gasteiger charge is -2.05. The van der Waals surface area contributed by atoms with Gasteiger partial charge in [-0.15, -0.1) is 11.8 Å². The molecular weight excluding hydrogens is 338 g/mol. The van der Waals surface area contributed by atoms with Crippen LogP contribution >= 0.6 is 11.8 Å². The largest absolute Gasteiger partial charge is 0.325 e. The summed E-state index contributed by atoms with van der Waals surface area (Å²) >= 11 is 1.75. The van der Waals surface area contributed by atoms with Crippen molar-refractivity contribution >= 4 is 23.9 Å². The topological polar surface area (TPSA) is 42.8 Å². The van der Waals surface area contributed by atoms with Crippen LogP contribution in [0.3, 0.4) is 0 Å². The van der Waals surface area contributed by atoms with Gasteiger partial charge < -0.3 is 5.73 Å². The molecule has 1 aromatic carbocycles. The monoisotopic (exact) mass is 362 g/mol. The van der Waals surface area contributed by atoms with E-state index in [9.17, 15) is 0 Å². The van der Waals surface area contributed by atoms with E-state index in [4.69, 9.17) is 5.73 Å². The highest BCUT2D eigenvalue weighted by Crippen LogP contribution is 2.18. The molecule has 0 radical (unpaired) electrons. The van der Waals surface area contributed by atoms with Crippen molar-refractivity contribution in [1.82, 2.24) is 4.98 Å². The minimum Gasteiger partial charge on any atom is -0.325 e. The Bertz CT molecular complexity index is 902. The summed E-state index contributed by atoms with van der Waals surface area (Å²) in [6.07, 6.45) is 10.3. The number of aromatic nitrogens is 2.